The number of halogens is 1. The number of aromatic nitrogens is 1. The molecular weight excluding hydrogens is 266 g/mol. The molecule has 0 aliphatic rings. The summed E-state index contributed by atoms with van der Waals surface area (Å²) >= 11 is 7.72. The number of methoxy groups -OCH3 is 1. The second-order valence-electron chi connectivity index (χ2n) is 3.94. The van der Waals surface area contributed by atoms with Crippen LogP contribution in [0.3, 0.4) is 0 Å². The maximum atomic E-state index is 5.98. The summed E-state index contributed by atoms with van der Waals surface area (Å²) in [6.07, 6.45) is 1.99. The van der Waals surface area contributed by atoms with E-state index in [1.54, 1.807) is 18.4 Å². The molecule has 18 heavy (non-hydrogen) atoms. The Labute approximate surface area is 117 Å². The third-order valence-electron chi connectivity index (χ3n) is 2.83. The molecule has 0 amide bonds. The number of nitrogens with zero attached hydrogens (tertiary/aromatic N) is 1. The van der Waals surface area contributed by atoms with E-state index < -0.39 is 0 Å². The summed E-state index contributed by atoms with van der Waals surface area (Å²) in [6, 6.07) is 5.67. The molecule has 96 valence electrons. The van der Waals surface area contributed by atoms with Crippen molar-refractivity contribution in [3.8, 4) is 16.3 Å². The molecule has 0 atom stereocenters. The van der Waals surface area contributed by atoms with Crippen LogP contribution in [0.25, 0.3) is 10.6 Å². The standard InChI is InChI=1S/C14H16ClNOS/c1-4-11-13(5-2)18-14(16-11)10-7-6-9(15)8-12(10)17-3/h6-8H,4-5H2,1-3H3. The first kappa shape index (κ1) is 13.4. The predicted octanol–water partition coefficient (Wildman–Crippen LogP) is 4.60. The van der Waals surface area contributed by atoms with Crippen molar-refractivity contribution < 1.29 is 4.74 Å². The first-order valence-electron chi connectivity index (χ1n) is 6.02. The molecule has 2 rings (SSSR count). The molecular formula is C14H16ClNOS. The van der Waals surface area contributed by atoms with Crippen LogP contribution in [-0.4, -0.2) is 12.1 Å². The van der Waals surface area contributed by atoms with E-state index in [0.717, 1.165) is 29.2 Å². The lowest BCUT2D eigenvalue weighted by Gasteiger charge is -2.05. The van der Waals surface area contributed by atoms with Gasteiger partial charge in [0.05, 0.1) is 18.4 Å². The highest BCUT2D eigenvalue weighted by Crippen LogP contribution is 2.36. The molecule has 0 saturated carbocycles. The molecule has 2 nitrogen and oxygen atoms in total. The van der Waals surface area contributed by atoms with Gasteiger partial charge in [0.2, 0.25) is 0 Å². The molecule has 0 unspecified atom stereocenters. The minimum atomic E-state index is 0.679. The zero-order chi connectivity index (χ0) is 13.1. The molecule has 0 bridgehead atoms. The minimum absolute atomic E-state index is 0.679. The summed E-state index contributed by atoms with van der Waals surface area (Å²) in [6.45, 7) is 4.30. The van der Waals surface area contributed by atoms with E-state index in [1.165, 1.54) is 10.6 Å². The maximum absolute atomic E-state index is 5.98. The molecule has 1 aromatic heterocycles. The number of ether oxygens (including phenoxy) is 1. The van der Waals surface area contributed by atoms with E-state index in [9.17, 15) is 0 Å². The summed E-state index contributed by atoms with van der Waals surface area (Å²) in [4.78, 5) is 6.05. The fraction of sp³-hybridized carbons (Fsp3) is 0.357. The Hall–Kier alpha value is -1.06. The average molecular weight is 282 g/mol. The van der Waals surface area contributed by atoms with Crippen LogP contribution >= 0.6 is 22.9 Å². The first-order valence-corrected chi connectivity index (χ1v) is 7.21. The summed E-state index contributed by atoms with van der Waals surface area (Å²) in [7, 11) is 1.66. The molecule has 0 aliphatic heterocycles. The van der Waals surface area contributed by atoms with Crippen LogP contribution in [-0.2, 0) is 12.8 Å². The summed E-state index contributed by atoms with van der Waals surface area (Å²) < 4.78 is 5.38. The van der Waals surface area contributed by atoms with Gasteiger partial charge >= 0.3 is 0 Å². The number of benzene rings is 1. The third kappa shape index (κ3) is 2.52. The van der Waals surface area contributed by atoms with E-state index >= 15 is 0 Å². The van der Waals surface area contributed by atoms with Crippen molar-refractivity contribution in [2.45, 2.75) is 26.7 Å². The highest BCUT2D eigenvalue weighted by atomic mass is 35.5. The molecule has 4 heteroatoms. The Kier molecular flexibility index (Phi) is 4.25. The number of hydrogen-bond donors (Lipinski definition) is 0. The topological polar surface area (TPSA) is 22.1 Å². The molecule has 0 spiro atoms. The Bertz CT molecular complexity index is 529. The molecule has 0 saturated heterocycles. The van der Waals surface area contributed by atoms with Crippen LogP contribution in [0.5, 0.6) is 5.75 Å². The maximum Gasteiger partial charge on any atom is 0.130 e. The molecule has 0 aliphatic carbocycles. The van der Waals surface area contributed by atoms with Crippen LogP contribution in [0, 0.1) is 0 Å². The summed E-state index contributed by atoms with van der Waals surface area (Å²) in [5.74, 6) is 0.779. The Morgan fingerprint density at radius 2 is 2.06 bits per heavy atom. The first-order chi connectivity index (χ1) is 8.69. The quantitative estimate of drug-likeness (QED) is 0.817. The smallest absolute Gasteiger partial charge is 0.130 e. The zero-order valence-corrected chi connectivity index (χ0v) is 12.4. The van der Waals surface area contributed by atoms with E-state index in [4.69, 9.17) is 21.3 Å². The van der Waals surface area contributed by atoms with Gasteiger partial charge in [0.1, 0.15) is 10.8 Å². The van der Waals surface area contributed by atoms with Crippen LogP contribution in [0.2, 0.25) is 5.02 Å². The average Bonchev–Trinajstić information content (AvgIpc) is 2.81. The Balaban J connectivity index is 2.51. The molecule has 0 radical (unpaired) electrons. The van der Waals surface area contributed by atoms with Crippen LogP contribution < -0.4 is 4.74 Å². The van der Waals surface area contributed by atoms with E-state index in [0.29, 0.717) is 5.02 Å². The van der Waals surface area contributed by atoms with Crippen LogP contribution in [0.15, 0.2) is 18.2 Å². The SMILES string of the molecule is CCc1nc(-c2ccc(Cl)cc2OC)sc1CC. The highest BCUT2D eigenvalue weighted by molar-refractivity contribution is 7.15. The van der Waals surface area contributed by atoms with Gasteiger partial charge in [-0.15, -0.1) is 11.3 Å². The van der Waals surface area contributed by atoms with Gasteiger partial charge in [0.25, 0.3) is 0 Å². The van der Waals surface area contributed by atoms with Crippen LogP contribution in [0.1, 0.15) is 24.4 Å². The van der Waals surface area contributed by atoms with Gasteiger partial charge in [-0.2, -0.15) is 0 Å². The second kappa shape index (κ2) is 5.72. The predicted molar refractivity (Wildman–Crippen MR) is 77.9 cm³/mol. The lowest BCUT2D eigenvalue weighted by Crippen LogP contribution is -1.88. The van der Waals surface area contributed by atoms with Crippen molar-refractivity contribution in [2.75, 3.05) is 7.11 Å². The third-order valence-corrected chi connectivity index (χ3v) is 4.34. The number of aryl methyl sites for hydroxylation is 2. The van der Waals surface area contributed by atoms with E-state index in [1.807, 2.05) is 18.2 Å². The van der Waals surface area contributed by atoms with Crippen molar-refractivity contribution in [1.82, 2.24) is 4.98 Å². The molecule has 2 aromatic rings. The van der Waals surface area contributed by atoms with Gasteiger partial charge in [-0.1, -0.05) is 25.4 Å². The van der Waals surface area contributed by atoms with E-state index in [2.05, 4.69) is 13.8 Å². The molecule has 1 aromatic carbocycles. The minimum Gasteiger partial charge on any atom is -0.496 e. The van der Waals surface area contributed by atoms with Gasteiger partial charge in [-0.05, 0) is 31.0 Å². The number of hydrogen-bond acceptors (Lipinski definition) is 3. The Morgan fingerprint density at radius 3 is 2.61 bits per heavy atom. The molecule has 0 N–H and O–H groups in total. The van der Waals surface area contributed by atoms with Crippen molar-refractivity contribution in [1.29, 1.82) is 0 Å². The van der Waals surface area contributed by atoms with Gasteiger partial charge in [-0.3, -0.25) is 0 Å². The fourth-order valence-corrected chi connectivity index (χ4v) is 3.17. The monoisotopic (exact) mass is 281 g/mol. The Morgan fingerprint density at radius 1 is 1.28 bits per heavy atom. The lowest BCUT2D eigenvalue weighted by atomic mass is 10.2. The largest absolute Gasteiger partial charge is 0.496 e. The summed E-state index contributed by atoms with van der Waals surface area (Å²) in [5, 5.41) is 1.69. The summed E-state index contributed by atoms with van der Waals surface area (Å²) in [5.41, 5.74) is 2.20. The molecule has 1 heterocycles. The van der Waals surface area contributed by atoms with Gasteiger partial charge < -0.3 is 4.74 Å². The molecule has 0 fully saturated rings. The highest BCUT2D eigenvalue weighted by Gasteiger charge is 2.13. The van der Waals surface area contributed by atoms with Crippen molar-refractivity contribution in [2.24, 2.45) is 0 Å². The van der Waals surface area contributed by atoms with Crippen molar-refractivity contribution in [3.05, 3.63) is 33.8 Å². The van der Waals surface area contributed by atoms with Crippen molar-refractivity contribution >= 4 is 22.9 Å². The normalized spacial score (nSPS) is 10.7. The van der Waals surface area contributed by atoms with Gasteiger partial charge in [0.15, 0.2) is 0 Å². The van der Waals surface area contributed by atoms with E-state index in [-0.39, 0.29) is 0 Å². The lowest BCUT2D eigenvalue weighted by molar-refractivity contribution is 0.416. The van der Waals surface area contributed by atoms with Crippen LogP contribution in [0.4, 0.5) is 0 Å². The number of thiazole rings is 1. The van der Waals surface area contributed by atoms with Gasteiger partial charge in [0, 0.05) is 9.90 Å². The fourth-order valence-electron chi connectivity index (χ4n) is 1.89. The van der Waals surface area contributed by atoms with Crippen molar-refractivity contribution in [3.63, 3.8) is 0 Å². The second-order valence-corrected chi connectivity index (χ2v) is 5.46. The van der Waals surface area contributed by atoms with Gasteiger partial charge in [-0.25, -0.2) is 4.98 Å². The number of rotatable bonds is 4. The zero-order valence-electron chi connectivity index (χ0n) is 10.8.